The Hall–Kier alpha value is -3.73. The van der Waals surface area contributed by atoms with E-state index in [2.05, 4.69) is 11.4 Å². The van der Waals surface area contributed by atoms with Crippen LogP contribution in [0.15, 0.2) is 66.7 Å². The molecule has 0 aliphatic carbocycles. The molecule has 0 aromatic heterocycles. The topological polar surface area (TPSA) is 91.7 Å². The first-order chi connectivity index (χ1) is 19.5. The van der Waals surface area contributed by atoms with Gasteiger partial charge in [0.1, 0.15) is 12.2 Å². The number of anilines is 1. The van der Waals surface area contributed by atoms with Gasteiger partial charge in [-0.1, -0.05) is 59.6 Å². The first kappa shape index (κ1) is 30.2. The zero-order chi connectivity index (χ0) is 29.6. The van der Waals surface area contributed by atoms with Gasteiger partial charge >= 0.3 is 12.2 Å². The molecule has 9 heteroatoms. The van der Waals surface area contributed by atoms with E-state index in [1.807, 2.05) is 63.2 Å². The van der Waals surface area contributed by atoms with E-state index in [0.29, 0.717) is 34.4 Å². The largest absolute Gasteiger partial charge is 0.449 e. The molecule has 1 fully saturated rings. The molecule has 0 radical (unpaired) electrons. The number of piperidine rings is 1. The Kier molecular flexibility index (Phi) is 9.80. The van der Waals surface area contributed by atoms with Crippen molar-refractivity contribution in [2.24, 2.45) is 5.92 Å². The van der Waals surface area contributed by atoms with E-state index in [1.165, 1.54) is 0 Å². The Morgan fingerprint density at radius 2 is 1.66 bits per heavy atom. The third-order valence-corrected chi connectivity index (χ3v) is 7.36. The number of rotatable bonds is 6. The van der Waals surface area contributed by atoms with Crippen LogP contribution in [0.3, 0.4) is 0 Å². The molecule has 1 aliphatic heterocycles. The molecule has 1 heterocycles. The quantitative estimate of drug-likeness (QED) is 0.309. The van der Waals surface area contributed by atoms with Gasteiger partial charge in [0, 0.05) is 34.7 Å². The number of likely N-dealkylation sites (tertiary alicyclic amines) is 1. The number of amides is 2. The second-order valence-corrected chi connectivity index (χ2v) is 12.0. The maximum atomic E-state index is 12.7. The number of benzene rings is 3. The van der Waals surface area contributed by atoms with Crippen LogP contribution in [0.4, 0.5) is 15.3 Å². The lowest BCUT2D eigenvalue weighted by atomic mass is 9.80. The van der Waals surface area contributed by atoms with Gasteiger partial charge in [0.25, 0.3) is 0 Å². The molecule has 1 unspecified atom stereocenters. The standard InChI is InChI=1S/C32H33Cl2N3O4/c1-32(2,3)41-31(39)37-13-11-24(12-14-37)29(20-40-30(38)36-28-17-26(33)16-27(34)18-28)23-9-7-22(8-10-23)25-6-4-5-21(15-25)19-35/h4-10,15-18,24,29H,11-14,20H2,1-3H3,(H,36,38). The highest BCUT2D eigenvalue weighted by Crippen LogP contribution is 2.35. The number of halogens is 2. The minimum absolute atomic E-state index is 0.0935. The Labute approximate surface area is 251 Å². The van der Waals surface area contributed by atoms with Crippen molar-refractivity contribution in [3.63, 3.8) is 0 Å². The Balaban J connectivity index is 1.49. The average molecular weight is 595 g/mol. The number of nitrogens with zero attached hydrogens (tertiary/aromatic N) is 2. The molecule has 41 heavy (non-hydrogen) atoms. The highest BCUT2D eigenvalue weighted by molar-refractivity contribution is 6.35. The van der Waals surface area contributed by atoms with Crippen molar-refractivity contribution in [3.8, 4) is 17.2 Å². The molecular weight excluding hydrogens is 561 g/mol. The summed E-state index contributed by atoms with van der Waals surface area (Å²) < 4.78 is 11.3. The van der Waals surface area contributed by atoms with Gasteiger partial charge in [0.15, 0.2) is 0 Å². The van der Waals surface area contributed by atoms with Gasteiger partial charge in [-0.25, -0.2) is 9.59 Å². The molecule has 3 aromatic carbocycles. The van der Waals surface area contributed by atoms with Crippen LogP contribution in [0.5, 0.6) is 0 Å². The smallest absolute Gasteiger partial charge is 0.411 e. The molecule has 3 aromatic rings. The van der Waals surface area contributed by atoms with E-state index < -0.39 is 11.7 Å². The highest BCUT2D eigenvalue weighted by atomic mass is 35.5. The summed E-state index contributed by atoms with van der Waals surface area (Å²) in [6.07, 6.45) is 0.562. The fourth-order valence-electron chi connectivity index (χ4n) is 4.95. The molecule has 2 amide bonds. The number of hydrogen-bond donors (Lipinski definition) is 1. The number of nitrogens with one attached hydrogen (secondary N) is 1. The van der Waals surface area contributed by atoms with Crippen molar-refractivity contribution in [2.45, 2.75) is 45.1 Å². The van der Waals surface area contributed by atoms with Gasteiger partial charge in [0.2, 0.25) is 0 Å². The predicted octanol–water partition coefficient (Wildman–Crippen LogP) is 8.51. The van der Waals surface area contributed by atoms with Crippen molar-refractivity contribution in [3.05, 3.63) is 87.9 Å². The van der Waals surface area contributed by atoms with Crippen LogP contribution in [-0.4, -0.2) is 42.4 Å². The highest BCUT2D eigenvalue weighted by Gasteiger charge is 2.32. The third kappa shape index (κ3) is 8.63. The molecule has 0 spiro atoms. The first-order valence-electron chi connectivity index (χ1n) is 13.5. The van der Waals surface area contributed by atoms with Gasteiger partial charge in [-0.15, -0.1) is 0 Å². The lowest BCUT2D eigenvalue weighted by molar-refractivity contribution is 0.0164. The number of nitriles is 1. The lowest BCUT2D eigenvalue weighted by Crippen LogP contribution is -2.43. The summed E-state index contributed by atoms with van der Waals surface area (Å²) in [7, 11) is 0. The summed E-state index contributed by atoms with van der Waals surface area (Å²) in [5.74, 6) is 0.0823. The Morgan fingerprint density at radius 1 is 1.00 bits per heavy atom. The van der Waals surface area contributed by atoms with E-state index >= 15 is 0 Å². The lowest BCUT2D eigenvalue weighted by Gasteiger charge is -2.36. The van der Waals surface area contributed by atoms with Crippen molar-refractivity contribution in [1.29, 1.82) is 5.26 Å². The maximum Gasteiger partial charge on any atom is 0.411 e. The third-order valence-electron chi connectivity index (χ3n) is 6.93. The molecule has 0 bridgehead atoms. The van der Waals surface area contributed by atoms with Gasteiger partial charge in [-0.3, -0.25) is 5.32 Å². The molecule has 4 rings (SSSR count). The summed E-state index contributed by atoms with van der Waals surface area (Å²) in [5, 5.41) is 12.8. The fourth-order valence-corrected chi connectivity index (χ4v) is 5.48. The number of carbonyl (C=O) groups excluding carboxylic acids is 2. The van der Waals surface area contributed by atoms with Crippen LogP contribution in [0, 0.1) is 17.2 Å². The predicted molar refractivity (Wildman–Crippen MR) is 161 cm³/mol. The molecule has 214 valence electrons. The van der Waals surface area contributed by atoms with Crippen LogP contribution in [0.1, 0.15) is 50.7 Å². The van der Waals surface area contributed by atoms with E-state index in [9.17, 15) is 14.9 Å². The SMILES string of the molecule is CC(C)(C)OC(=O)N1CCC(C(COC(=O)Nc2cc(Cl)cc(Cl)c2)c2ccc(-c3cccc(C#N)c3)cc2)CC1. The molecule has 1 aliphatic rings. The minimum atomic E-state index is -0.607. The molecule has 7 nitrogen and oxygen atoms in total. The Morgan fingerprint density at radius 3 is 2.27 bits per heavy atom. The summed E-state index contributed by atoms with van der Waals surface area (Å²) in [4.78, 5) is 27.1. The summed E-state index contributed by atoms with van der Waals surface area (Å²) in [6.45, 7) is 6.83. The first-order valence-corrected chi connectivity index (χ1v) is 14.2. The van der Waals surface area contributed by atoms with Crippen molar-refractivity contribution in [1.82, 2.24) is 4.90 Å². The van der Waals surface area contributed by atoms with E-state index in [4.69, 9.17) is 32.7 Å². The van der Waals surface area contributed by atoms with Crippen LogP contribution in [-0.2, 0) is 9.47 Å². The monoisotopic (exact) mass is 593 g/mol. The average Bonchev–Trinajstić information content (AvgIpc) is 2.92. The summed E-state index contributed by atoms with van der Waals surface area (Å²) >= 11 is 12.1. The second-order valence-electron chi connectivity index (χ2n) is 11.1. The molecule has 1 atom stereocenters. The van der Waals surface area contributed by atoms with Crippen LogP contribution < -0.4 is 5.32 Å². The molecule has 1 N–H and O–H groups in total. The fraction of sp³-hybridized carbons (Fsp3) is 0.344. The van der Waals surface area contributed by atoms with E-state index in [0.717, 1.165) is 29.5 Å². The van der Waals surface area contributed by atoms with Crippen molar-refractivity contribution in [2.75, 3.05) is 25.0 Å². The van der Waals surface area contributed by atoms with Crippen LogP contribution in [0.2, 0.25) is 10.0 Å². The second kappa shape index (κ2) is 13.3. The van der Waals surface area contributed by atoms with E-state index in [-0.39, 0.29) is 24.5 Å². The van der Waals surface area contributed by atoms with Gasteiger partial charge in [0.05, 0.1) is 11.6 Å². The molecule has 0 saturated carbocycles. The molecule has 1 saturated heterocycles. The van der Waals surface area contributed by atoms with Gasteiger partial charge in [-0.2, -0.15) is 5.26 Å². The van der Waals surface area contributed by atoms with Crippen LogP contribution in [0.25, 0.3) is 11.1 Å². The summed E-state index contributed by atoms with van der Waals surface area (Å²) in [5.41, 5.74) is 3.45. The number of hydrogen-bond acceptors (Lipinski definition) is 5. The summed E-state index contributed by atoms with van der Waals surface area (Å²) in [6, 6.07) is 22.5. The van der Waals surface area contributed by atoms with Gasteiger partial charge < -0.3 is 14.4 Å². The molecular formula is C32H33Cl2N3O4. The van der Waals surface area contributed by atoms with Gasteiger partial charge in [-0.05, 0) is 86.6 Å². The number of carbonyl (C=O) groups is 2. The Bertz CT molecular complexity index is 1400. The number of ether oxygens (including phenoxy) is 2. The zero-order valence-electron chi connectivity index (χ0n) is 23.3. The van der Waals surface area contributed by atoms with Crippen molar-refractivity contribution >= 4 is 41.1 Å². The normalized spacial score (nSPS) is 14.6. The maximum absolute atomic E-state index is 12.7. The minimum Gasteiger partial charge on any atom is -0.449 e. The van der Waals surface area contributed by atoms with E-state index in [1.54, 1.807) is 29.2 Å². The van der Waals surface area contributed by atoms with Crippen LogP contribution >= 0.6 is 23.2 Å². The zero-order valence-corrected chi connectivity index (χ0v) is 24.8. The van der Waals surface area contributed by atoms with Crippen molar-refractivity contribution < 1.29 is 19.1 Å².